The molecule has 0 bridgehead atoms. The molecule has 0 aliphatic rings. The smallest absolute Gasteiger partial charge is 0.421 e. The van der Waals surface area contributed by atoms with E-state index in [1.54, 1.807) is 32.0 Å². The molecular weight excluding hydrogens is 562 g/mol. The first-order chi connectivity index (χ1) is 19.9. The van der Waals surface area contributed by atoms with Crippen LogP contribution in [-0.4, -0.2) is 43.0 Å². The first-order valence-electron chi connectivity index (χ1n) is 12.4. The fraction of sp³-hybridized carbons (Fsp3) is 0.179. The number of alkyl halides is 3. The molecule has 0 atom stereocenters. The van der Waals surface area contributed by atoms with Gasteiger partial charge < -0.3 is 19.2 Å². The molecule has 5 aromatic rings. The second-order valence-electron chi connectivity index (χ2n) is 9.40. The topological polar surface area (TPSA) is 124 Å². The van der Waals surface area contributed by atoms with Crippen molar-refractivity contribution in [1.29, 1.82) is 0 Å². The number of ether oxygens (including phenoxy) is 1. The largest absolute Gasteiger partial charge is 0.478 e. The van der Waals surface area contributed by atoms with E-state index in [0.717, 1.165) is 34.1 Å². The van der Waals surface area contributed by atoms with E-state index in [0.29, 0.717) is 11.0 Å². The van der Waals surface area contributed by atoms with Gasteiger partial charge >= 0.3 is 12.1 Å². The van der Waals surface area contributed by atoms with Crippen molar-refractivity contribution in [2.75, 3.05) is 4.90 Å². The highest BCUT2D eigenvalue weighted by molar-refractivity contribution is 6.11. The van der Waals surface area contributed by atoms with Gasteiger partial charge in [0, 0.05) is 35.3 Å². The van der Waals surface area contributed by atoms with E-state index in [2.05, 4.69) is 15.2 Å². The highest BCUT2D eigenvalue weighted by Gasteiger charge is 2.37. The number of carboxylic acids is 1. The Morgan fingerprint density at radius 2 is 1.83 bits per heavy atom. The predicted molar refractivity (Wildman–Crippen MR) is 140 cm³/mol. The van der Waals surface area contributed by atoms with Crippen LogP contribution in [0.3, 0.4) is 0 Å². The number of fused-ring (bicyclic) bond motifs is 1. The monoisotopic (exact) mass is 583 g/mol. The number of furan rings is 1. The van der Waals surface area contributed by atoms with Gasteiger partial charge in [-0.3, -0.25) is 4.79 Å². The van der Waals surface area contributed by atoms with Crippen LogP contribution in [0.15, 0.2) is 71.7 Å². The number of rotatable bonds is 8. The van der Waals surface area contributed by atoms with Crippen LogP contribution < -0.4 is 9.64 Å². The van der Waals surface area contributed by atoms with E-state index < -0.39 is 52.7 Å². The van der Waals surface area contributed by atoms with Gasteiger partial charge in [-0.1, -0.05) is 0 Å². The van der Waals surface area contributed by atoms with Crippen molar-refractivity contribution in [2.24, 2.45) is 0 Å². The third-order valence-corrected chi connectivity index (χ3v) is 6.19. The van der Waals surface area contributed by atoms with Gasteiger partial charge in [0.25, 0.3) is 5.91 Å². The Labute approximate surface area is 234 Å². The second-order valence-corrected chi connectivity index (χ2v) is 9.40. The normalized spacial score (nSPS) is 11.7. The molecule has 0 aliphatic carbocycles. The highest BCUT2D eigenvalue weighted by atomic mass is 19.4. The molecule has 2 aromatic carbocycles. The van der Waals surface area contributed by atoms with Gasteiger partial charge in [-0.2, -0.15) is 28.2 Å². The van der Waals surface area contributed by atoms with Crippen LogP contribution in [0.2, 0.25) is 0 Å². The average molecular weight is 583 g/mol. The maximum absolute atomic E-state index is 15.4. The quantitative estimate of drug-likeness (QED) is 0.215. The Morgan fingerprint density at radius 1 is 1.10 bits per heavy atom. The van der Waals surface area contributed by atoms with Gasteiger partial charge in [-0.05, 0) is 49.7 Å². The summed E-state index contributed by atoms with van der Waals surface area (Å²) in [6.45, 7) is 3.08. The number of halogens is 4. The number of nitrogens with zero attached hydrogens (tertiary/aromatic N) is 5. The second kappa shape index (κ2) is 11.0. The summed E-state index contributed by atoms with van der Waals surface area (Å²) in [6.07, 6.45) is 0.286. The lowest BCUT2D eigenvalue weighted by Crippen LogP contribution is -2.38. The summed E-state index contributed by atoms with van der Waals surface area (Å²) in [6, 6.07) is 7.80. The Kier molecular flexibility index (Phi) is 7.37. The first-order valence-corrected chi connectivity index (χ1v) is 12.4. The summed E-state index contributed by atoms with van der Waals surface area (Å²) in [5, 5.41) is 18.2. The molecule has 3 aromatic heterocycles. The third-order valence-electron chi connectivity index (χ3n) is 6.19. The molecule has 5 rings (SSSR count). The highest BCUT2D eigenvalue weighted by Crippen LogP contribution is 2.39. The number of carboxylic acid groups (broad SMARTS) is 1. The zero-order valence-electron chi connectivity index (χ0n) is 22.0. The zero-order chi connectivity index (χ0) is 30.2. The van der Waals surface area contributed by atoms with Crippen LogP contribution in [0, 0.1) is 5.82 Å². The van der Waals surface area contributed by atoms with E-state index in [4.69, 9.17) is 9.15 Å². The van der Waals surface area contributed by atoms with Gasteiger partial charge in [0.15, 0.2) is 11.6 Å². The van der Waals surface area contributed by atoms with Crippen molar-refractivity contribution in [3.63, 3.8) is 0 Å². The fourth-order valence-corrected chi connectivity index (χ4v) is 4.31. The lowest BCUT2D eigenvalue weighted by molar-refractivity contribution is -0.139. The molecule has 1 amide bonds. The van der Waals surface area contributed by atoms with E-state index in [9.17, 15) is 27.9 Å². The zero-order valence-corrected chi connectivity index (χ0v) is 22.0. The first kappa shape index (κ1) is 28.3. The van der Waals surface area contributed by atoms with E-state index >= 15 is 4.39 Å². The van der Waals surface area contributed by atoms with Crippen LogP contribution in [-0.2, 0) is 12.7 Å². The lowest BCUT2D eigenvalue weighted by atomic mass is 10.1. The Hall–Kier alpha value is -5.27. The molecule has 0 spiro atoms. The van der Waals surface area contributed by atoms with Crippen molar-refractivity contribution in [3.8, 4) is 11.6 Å². The van der Waals surface area contributed by atoms with Crippen molar-refractivity contribution in [3.05, 3.63) is 95.4 Å². The Bertz CT molecular complexity index is 1780. The number of hydrogen-bond acceptors (Lipinski definition) is 7. The molecule has 216 valence electrons. The molecule has 0 saturated carbocycles. The molecule has 0 aliphatic heterocycles. The predicted octanol–water partition coefficient (Wildman–Crippen LogP) is 6.17. The number of aromatic carboxylic acids is 1. The summed E-state index contributed by atoms with van der Waals surface area (Å²) in [4.78, 5) is 31.7. The standard InChI is InChI=1S/C28H21F4N5O5/c1-15(2)37(26(38)18-3-4-23-17(10-18)5-8-41-23)22-12-21(29)24(11-19(22)27(39)40)42-25-20(28(30,31)32)9-16(13-33-25)14-36-34-6-7-35-36/h3-13,15H,14H2,1-2H3,(H,39,40). The third kappa shape index (κ3) is 5.64. The van der Waals surface area contributed by atoms with Gasteiger partial charge in [-0.25, -0.2) is 14.2 Å². The maximum Gasteiger partial charge on any atom is 0.421 e. The number of pyridine rings is 1. The molecule has 3 heterocycles. The lowest BCUT2D eigenvalue weighted by Gasteiger charge is -2.28. The molecular formula is C28H21F4N5O5. The summed E-state index contributed by atoms with van der Waals surface area (Å²) < 4.78 is 67.6. The number of anilines is 1. The molecule has 10 nitrogen and oxygen atoms in total. The molecule has 0 fully saturated rings. The minimum Gasteiger partial charge on any atom is -0.478 e. The molecule has 0 radical (unpaired) electrons. The van der Waals surface area contributed by atoms with Crippen LogP contribution >= 0.6 is 0 Å². The minimum absolute atomic E-state index is 0.0904. The molecule has 42 heavy (non-hydrogen) atoms. The van der Waals surface area contributed by atoms with E-state index in [1.165, 1.54) is 24.7 Å². The maximum atomic E-state index is 15.4. The van der Waals surface area contributed by atoms with Gasteiger partial charge in [0.05, 0.1) is 36.5 Å². The van der Waals surface area contributed by atoms with Crippen molar-refractivity contribution >= 4 is 28.5 Å². The van der Waals surface area contributed by atoms with Gasteiger partial charge in [0.2, 0.25) is 5.88 Å². The van der Waals surface area contributed by atoms with E-state index in [1.807, 2.05) is 0 Å². The van der Waals surface area contributed by atoms with Gasteiger partial charge in [0.1, 0.15) is 11.1 Å². The number of hydrogen-bond donors (Lipinski definition) is 1. The van der Waals surface area contributed by atoms with Gasteiger partial charge in [-0.15, -0.1) is 0 Å². The number of aromatic nitrogens is 4. The summed E-state index contributed by atoms with van der Waals surface area (Å²) in [5.74, 6) is -5.23. The summed E-state index contributed by atoms with van der Waals surface area (Å²) in [7, 11) is 0. The number of benzene rings is 2. The van der Waals surface area contributed by atoms with Crippen LogP contribution in [0.1, 0.15) is 45.7 Å². The van der Waals surface area contributed by atoms with Crippen molar-refractivity contribution in [2.45, 2.75) is 32.6 Å². The Balaban J connectivity index is 1.53. The van der Waals surface area contributed by atoms with E-state index in [-0.39, 0.29) is 23.4 Å². The molecule has 1 N–H and O–H groups in total. The number of amides is 1. The van der Waals surface area contributed by atoms with Crippen LogP contribution in [0.4, 0.5) is 23.2 Å². The number of carbonyl (C=O) groups excluding carboxylic acids is 1. The molecule has 14 heteroatoms. The minimum atomic E-state index is -4.95. The fourth-order valence-electron chi connectivity index (χ4n) is 4.31. The Morgan fingerprint density at radius 3 is 2.50 bits per heavy atom. The van der Waals surface area contributed by atoms with Crippen LogP contribution in [0.5, 0.6) is 11.6 Å². The number of carbonyl (C=O) groups is 2. The van der Waals surface area contributed by atoms with Crippen LogP contribution in [0.25, 0.3) is 11.0 Å². The SMILES string of the molecule is CC(C)N(C(=O)c1ccc2occc2c1)c1cc(F)c(Oc2ncc(Cn3nccn3)cc2C(F)(F)F)cc1C(=O)O. The average Bonchev–Trinajstić information content (AvgIpc) is 3.61. The van der Waals surface area contributed by atoms with Crippen molar-refractivity contribution < 1.29 is 41.4 Å². The molecule has 0 saturated heterocycles. The van der Waals surface area contributed by atoms with Crippen molar-refractivity contribution in [1.82, 2.24) is 20.0 Å². The summed E-state index contributed by atoms with van der Waals surface area (Å²) >= 11 is 0. The summed E-state index contributed by atoms with van der Waals surface area (Å²) in [5.41, 5.74) is -1.41. The molecule has 0 unspecified atom stereocenters.